The van der Waals surface area contributed by atoms with Gasteiger partial charge in [-0.2, -0.15) is 0 Å². The predicted molar refractivity (Wildman–Crippen MR) is 79.4 cm³/mol. The Morgan fingerprint density at radius 1 is 1.15 bits per heavy atom. The Kier molecular flexibility index (Phi) is 4.32. The third-order valence-electron chi connectivity index (χ3n) is 2.84. The maximum Gasteiger partial charge on any atom is 0.261 e. The molecule has 0 radical (unpaired) electrons. The molecule has 0 spiro atoms. The van der Waals surface area contributed by atoms with E-state index in [0.29, 0.717) is 16.3 Å². The summed E-state index contributed by atoms with van der Waals surface area (Å²) < 4.78 is 26.8. The zero-order valence-electron chi connectivity index (χ0n) is 10.8. The van der Waals surface area contributed by atoms with Gasteiger partial charge in [-0.05, 0) is 42.3 Å². The fourth-order valence-electron chi connectivity index (χ4n) is 1.64. The van der Waals surface area contributed by atoms with Crippen molar-refractivity contribution in [1.29, 1.82) is 0 Å². The fraction of sp³-hybridized carbons (Fsp3) is 0.143. The molecule has 0 fully saturated rings. The van der Waals surface area contributed by atoms with Gasteiger partial charge in [0.15, 0.2) is 0 Å². The first-order valence-corrected chi connectivity index (χ1v) is 7.77. The number of rotatable bonds is 4. The van der Waals surface area contributed by atoms with Crippen molar-refractivity contribution in [3.8, 4) is 0 Å². The van der Waals surface area contributed by atoms with Gasteiger partial charge in [-0.25, -0.2) is 8.42 Å². The molecule has 0 aliphatic heterocycles. The molecule has 0 heterocycles. The van der Waals surface area contributed by atoms with Crippen molar-refractivity contribution < 1.29 is 13.5 Å². The lowest BCUT2D eigenvalue weighted by atomic mass is 10.2. The van der Waals surface area contributed by atoms with E-state index in [-0.39, 0.29) is 11.5 Å². The summed E-state index contributed by atoms with van der Waals surface area (Å²) in [7, 11) is -3.66. The number of benzene rings is 2. The molecule has 6 heteroatoms. The van der Waals surface area contributed by atoms with Crippen LogP contribution < -0.4 is 4.72 Å². The molecule has 0 unspecified atom stereocenters. The van der Waals surface area contributed by atoms with Gasteiger partial charge in [-0.15, -0.1) is 0 Å². The predicted octanol–water partition coefficient (Wildman–Crippen LogP) is 2.94. The molecule has 0 aliphatic rings. The van der Waals surface area contributed by atoms with Crippen LogP contribution in [0.4, 0.5) is 5.69 Å². The second-order valence-corrected chi connectivity index (χ2v) is 6.46. The summed E-state index contributed by atoms with van der Waals surface area (Å²) in [5.41, 5.74) is 1.94. The Morgan fingerprint density at radius 2 is 1.80 bits per heavy atom. The molecule has 2 aromatic rings. The van der Waals surface area contributed by atoms with Crippen LogP contribution in [0.3, 0.4) is 0 Å². The van der Waals surface area contributed by atoms with Crippen LogP contribution in [0.2, 0.25) is 5.02 Å². The van der Waals surface area contributed by atoms with E-state index < -0.39 is 10.0 Å². The molecule has 0 saturated heterocycles. The lowest BCUT2D eigenvalue weighted by molar-refractivity contribution is 0.282. The van der Waals surface area contributed by atoms with E-state index in [9.17, 15) is 8.42 Å². The second-order valence-electron chi connectivity index (χ2n) is 4.37. The summed E-state index contributed by atoms with van der Waals surface area (Å²) in [4.78, 5) is 0.131. The molecule has 2 rings (SSSR count). The summed E-state index contributed by atoms with van der Waals surface area (Å²) in [6, 6.07) is 11.0. The molecule has 0 aliphatic carbocycles. The van der Waals surface area contributed by atoms with Gasteiger partial charge in [0.2, 0.25) is 0 Å². The number of hydrogen-bond donors (Lipinski definition) is 2. The molecule has 20 heavy (non-hydrogen) atoms. The summed E-state index contributed by atoms with van der Waals surface area (Å²) in [6.45, 7) is 1.72. The molecule has 0 atom stereocenters. The van der Waals surface area contributed by atoms with Gasteiger partial charge in [0.05, 0.1) is 17.2 Å². The number of hydrogen-bond acceptors (Lipinski definition) is 3. The molecule has 0 aromatic heterocycles. The van der Waals surface area contributed by atoms with Crippen molar-refractivity contribution in [2.75, 3.05) is 4.72 Å². The van der Waals surface area contributed by atoms with Gasteiger partial charge in [-0.1, -0.05) is 29.8 Å². The van der Waals surface area contributed by atoms with Crippen LogP contribution >= 0.6 is 11.6 Å². The number of nitrogens with one attached hydrogen (secondary N) is 1. The van der Waals surface area contributed by atoms with Crippen molar-refractivity contribution in [1.82, 2.24) is 0 Å². The Hall–Kier alpha value is -1.56. The Morgan fingerprint density at radius 3 is 2.35 bits per heavy atom. The van der Waals surface area contributed by atoms with Gasteiger partial charge in [-0.3, -0.25) is 4.72 Å². The van der Waals surface area contributed by atoms with E-state index in [1.807, 2.05) is 6.92 Å². The topological polar surface area (TPSA) is 66.4 Å². The minimum absolute atomic E-state index is 0.124. The van der Waals surface area contributed by atoms with Crippen LogP contribution in [0.25, 0.3) is 0 Å². The van der Waals surface area contributed by atoms with Crippen LogP contribution in [0.5, 0.6) is 0 Å². The number of aryl methyl sites for hydroxylation is 1. The van der Waals surface area contributed by atoms with Gasteiger partial charge in [0, 0.05) is 5.02 Å². The molecule has 0 saturated carbocycles. The van der Waals surface area contributed by atoms with Crippen LogP contribution in [0.1, 0.15) is 11.1 Å². The number of anilines is 1. The van der Waals surface area contributed by atoms with Crippen LogP contribution in [-0.4, -0.2) is 13.5 Å². The first-order chi connectivity index (χ1) is 9.42. The molecule has 0 bridgehead atoms. The highest BCUT2D eigenvalue weighted by molar-refractivity contribution is 7.92. The van der Waals surface area contributed by atoms with E-state index in [1.165, 1.54) is 12.1 Å². The standard InChI is InChI=1S/C14H14ClNO3S/c1-10-2-5-12(8-14(10)15)16-20(18,19)13-6-3-11(9-17)4-7-13/h2-8,16-17H,9H2,1H3. The first-order valence-electron chi connectivity index (χ1n) is 5.91. The zero-order valence-corrected chi connectivity index (χ0v) is 12.4. The Bertz CT molecular complexity index is 712. The summed E-state index contributed by atoms with van der Waals surface area (Å²) in [5.74, 6) is 0. The average molecular weight is 312 g/mol. The third kappa shape index (κ3) is 3.30. The van der Waals surface area contributed by atoms with Crippen LogP contribution in [-0.2, 0) is 16.6 Å². The van der Waals surface area contributed by atoms with Gasteiger partial charge < -0.3 is 5.11 Å². The summed E-state index contributed by atoms with van der Waals surface area (Å²) >= 11 is 5.97. The molecule has 0 amide bonds. The SMILES string of the molecule is Cc1ccc(NS(=O)(=O)c2ccc(CO)cc2)cc1Cl. The van der Waals surface area contributed by atoms with E-state index in [2.05, 4.69) is 4.72 Å². The largest absolute Gasteiger partial charge is 0.392 e. The molecular weight excluding hydrogens is 298 g/mol. The molecule has 2 aromatic carbocycles. The maximum atomic E-state index is 12.2. The lowest BCUT2D eigenvalue weighted by Crippen LogP contribution is -2.13. The van der Waals surface area contributed by atoms with Gasteiger partial charge >= 0.3 is 0 Å². The smallest absolute Gasteiger partial charge is 0.261 e. The van der Waals surface area contributed by atoms with Crippen molar-refractivity contribution in [3.63, 3.8) is 0 Å². The molecule has 2 N–H and O–H groups in total. The highest BCUT2D eigenvalue weighted by Gasteiger charge is 2.14. The minimum atomic E-state index is -3.66. The number of sulfonamides is 1. The Balaban J connectivity index is 2.27. The van der Waals surface area contributed by atoms with Crippen molar-refractivity contribution >= 4 is 27.3 Å². The number of aliphatic hydroxyl groups excluding tert-OH is 1. The van der Waals surface area contributed by atoms with Gasteiger partial charge in [0.25, 0.3) is 10.0 Å². The third-order valence-corrected chi connectivity index (χ3v) is 4.64. The minimum Gasteiger partial charge on any atom is -0.392 e. The second kappa shape index (κ2) is 5.83. The number of aliphatic hydroxyl groups is 1. The van der Waals surface area contributed by atoms with Gasteiger partial charge in [0.1, 0.15) is 0 Å². The fourth-order valence-corrected chi connectivity index (χ4v) is 2.87. The molecular formula is C14H14ClNO3S. The molecule has 4 nitrogen and oxygen atoms in total. The Labute approximate surface area is 123 Å². The van der Waals surface area contributed by atoms with E-state index in [4.69, 9.17) is 16.7 Å². The van der Waals surface area contributed by atoms with Crippen LogP contribution in [0, 0.1) is 6.92 Å². The monoisotopic (exact) mass is 311 g/mol. The van der Waals surface area contributed by atoms with Crippen LogP contribution in [0.15, 0.2) is 47.4 Å². The first kappa shape index (κ1) is 14.8. The normalized spacial score (nSPS) is 11.3. The average Bonchev–Trinajstić information content (AvgIpc) is 2.43. The highest BCUT2D eigenvalue weighted by atomic mass is 35.5. The highest BCUT2D eigenvalue weighted by Crippen LogP contribution is 2.22. The van der Waals surface area contributed by atoms with E-state index >= 15 is 0 Å². The number of halogens is 1. The van der Waals surface area contributed by atoms with E-state index in [0.717, 1.165) is 5.56 Å². The van der Waals surface area contributed by atoms with Crippen molar-refractivity contribution in [3.05, 3.63) is 58.6 Å². The maximum absolute atomic E-state index is 12.2. The van der Waals surface area contributed by atoms with Crippen molar-refractivity contribution in [2.45, 2.75) is 18.4 Å². The summed E-state index contributed by atoms with van der Waals surface area (Å²) in [5, 5.41) is 9.44. The molecule has 106 valence electrons. The van der Waals surface area contributed by atoms with E-state index in [1.54, 1.807) is 30.3 Å². The van der Waals surface area contributed by atoms with Crippen molar-refractivity contribution in [2.24, 2.45) is 0 Å². The zero-order chi connectivity index (χ0) is 14.8. The lowest BCUT2D eigenvalue weighted by Gasteiger charge is -2.09. The summed E-state index contributed by atoms with van der Waals surface area (Å²) in [6.07, 6.45) is 0. The quantitative estimate of drug-likeness (QED) is 0.912.